The van der Waals surface area contributed by atoms with Gasteiger partial charge in [0.05, 0.1) is 10.7 Å². The molecule has 0 saturated heterocycles. The van der Waals surface area contributed by atoms with Crippen LogP contribution in [0.5, 0.6) is 0 Å². The van der Waals surface area contributed by atoms with E-state index in [0.717, 1.165) is 41.3 Å². The highest BCUT2D eigenvalue weighted by atomic mass is 32.1. The van der Waals surface area contributed by atoms with E-state index in [1.165, 1.54) is 0 Å². The Bertz CT molecular complexity index is 448. The van der Waals surface area contributed by atoms with E-state index < -0.39 is 0 Å². The van der Waals surface area contributed by atoms with E-state index in [1.54, 1.807) is 11.3 Å². The SMILES string of the molecule is NCCCc1nc(-c2ccc(N)cc2)cs1. The van der Waals surface area contributed by atoms with Crippen molar-refractivity contribution in [2.75, 3.05) is 12.3 Å². The van der Waals surface area contributed by atoms with Crippen molar-refractivity contribution in [2.45, 2.75) is 12.8 Å². The third-order valence-corrected chi connectivity index (χ3v) is 3.26. The Morgan fingerprint density at radius 2 is 1.94 bits per heavy atom. The second kappa shape index (κ2) is 5.09. The summed E-state index contributed by atoms with van der Waals surface area (Å²) in [7, 11) is 0. The Morgan fingerprint density at radius 3 is 2.62 bits per heavy atom. The molecule has 2 aromatic rings. The van der Waals surface area contributed by atoms with Gasteiger partial charge in [-0.15, -0.1) is 11.3 Å². The van der Waals surface area contributed by atoms with Crippen LogP contribution in [0.4, 0.5) is 5.69 Å². The fraction of sp³-hybridized carbons (Fsp3) is 0.250. The number of thiazole rings is 1. The van der Waals surface area contributed by atoms with Crippen molar-refractivity contribution in [1.82, 2.24) is 4.98 Å². The summed E-state index contributed by atoms with van der Waals surface area (Å²) in [4.78, 5) is 4.57. The molecule has 1 aromatic carbocycles. The maximum absolute atomic E-state index is 5.64. The lowest BCUT2D eigenvalue weighted by Crippen LogP contribution is -1.99. The van der Waals surface area contributed by atoms with Gasteiger partial charge in [-0.25, -0.2) is 4.98 Å². The minimum absolute atomic E-state index is 0.719. The van der Waals surface area contributed by atoms with Gasteiger partial charge in [0, 0.05) is 23.1 Å². The summed E-state index contributed by atoms with van der Waals surface area (Å²) in [6, 6.07) is 7.79. The number of aryl methyl sites for hydroxylation is 1. The Morgan fingerprint density at radius 1 is 1.19 bits per heavy atom. The van der Waals surface area contributed by atoms with Gasteiger partial charge in [0.25, 0.3) is 0 Å². The summed E-state index contributed by atoms with van der Waals surface area (Å²) in [5.74, 6) is 0. The largest absolute Gasteiger partial charge is 0.399 e. The molecule has 0 aliphatic heterocycles. The van der Waals surface area contributed by atoms with Crippen molar-refractivity contribution in [3.8, 4) is 11.3 Å². The molecule has 0 aliphatic rings. The number of nitrogen functional groups attached to an aromatic ring is 1. The minimum atomic E-state index is 0.719. The van der Waals surface area contributed by atoms with Crippen LogP contribution in [0.3, 0.4) is 0 Å². The molecule has 3 nitrogen and oxygen atoms in total. The highest BCUT2D eigenvalue weighted by Crippen LogP contribution is 2.23. The molecule has 0 unspecified atom stereocenters. The van der Waals surface area contributed by atoms with Crippen LogP contribution in [0.2, 0.25) is 0 Å². The lowest BCUT2D eigenvalue weighted by Gasteiger charge is -1.97. The van der Waals surface area contributed by atoms with Gasteiger partial charge in [0.15, 0.2) is 0 Å². The van der Waals surface area contributed by atoms with Gasteiger partial charge in [-0.2, -0.15) is 0 Å². The molecule has 16 heavy (non-hydrogen) atoms. The molecule has 0 spiro atoms. The number of rotatable bonds is 4. The maximum Gasteiger partial charge on any atom is 0.0933 e. The molecule has 0 saturated carbocycles. The van der Waals surface area contributed by atoms with Crippen LogP contribution in [0.1, 0.15) is 11.4 Å². The van der Waals surface area contributed by atoms with E-state index in [1.807, 2.05) is 24.3 Å². The average Bonchev–Trinajstić information content (AvgIpc) is 2.76. The molecule has 1 aromatic heterocycles. The lowest BCUT2D eigenvalue weighted by atomic mass is 10.1. The lowest BCUT2D eigenvalue weighted by molar-refractivity contribution is 0.827. The van der Waals surface area contributed by atoms with Gasteiger partial charge in [-0.1, -0.05) is 12.1 Å². The number of hydrogen-bond donors (Lipinski definition) is 2. The normalized spacial score (nSPS) is 10.6. The van der Waals surface area contributed by atoms with E-state index in [4.69, 9.17) is 11.5 Å². The van der Waals surface area contributed by atoms with Crippen molar-refractivity contribution in [2.24, 2.45) is 5.73 Å². The number of nitrogens with two attached hydrogens (primary N) is 2. The quantitative estimate of drug-likeness (QED) is 0.796. The zero-order valence-corrected chi connectivity index (χ0v) is 9.83. The van der Waals surface area contributed by atoms with Crippen LogP contribution in [-0.4, -0.2) is 11.5 Å². The summed E-state index contributed by atoms with van der Waals surface area (Å²) < 4.78 is 0. The molecule has 2 rings (SSSR count). The number of hydrogen-bond acceptors (Lipinski definition) is 4. The van der Waals surface area contributed by atoms with Crippen LogP contribution >= 0.6 is 11.3 Å². The van der Waals surface area contributed by atoms with Gasteiger partial charge >= 0.3 is 0 Å². The predicted molar refractivity (Wildman–Crippen MR) is 69.3 cm³/mol. The molecular formula is C12H15N3S. The Kier molecular flexibility index (Phi) is 3.54. The minimum Gasteiger partial charge on any atom is -0.399 e. The summed E-state index contributed by atoms with van der Waals surface area (Å²) in [6.07, 6.45) is 1.96. The number of aromatic nitrogens is 1. The number of nitrogens with zero attached hydrogens (tertiary/aromatic N) is 1. The summed E-state index contributed by atoms with van der Waals surface area (Å²) in [6.45, 7) is 0.719. The third kappa shape index (κ3) is 2.59. The van der Waals surface area contributed by atoms with E-state index in [2.05, 4.69) is 10.4 Å². The van der Waals surface area contributed by atoms with Crippen LogP contribution in [0, 0.1) is 0 Å². The smallest absolute Gasteiger partial charge is 0.0933 e. The first-order valence-electron chi connectivity index (χ1n) is 5.30. The van der Waals surface area contributed by atoms with Gasteiger partial charge < -0.3 is 11.5 Å². The number of benzene rings is 1. The van der Waals surface area contributed by atoms with Crippen LogP contribution in [0.25, 0.3) is 11.3 Å². The average molecular weight is 233 g/mol. The number of anilines is 1. The Labute approximate surface area is 99.1 Å². The molecule has 1 heterocycles. The van der Waals surface area contributed by atoms with Crippen LogP contribution in [-0.2, 0) is 6.42 Å². The van der Waals surface area contributed by atoms with Gasteiger partial charge in [0.1, 0.15) is 0 Å². The zero-order chi connectivity index (χ0) is 11.4. The van der Waals surface area contributed by atoms with Crippen molar-refractivity contribution in [3.05, 3.63) is 34.7 Å². The standard InChI is InChI=1S/C12H15N3S/c13-7-1-2-12-15-11(8-16-12)9-3-5-10(14)6-4-9/h3-6,8H,1-2,7,13-14H2. The van der Waals surface area contributed by atoms with Crippen molar-refractivity contribution in [3.63, 3.8) is 0 Å². The first kappa shape index (κ1) is 11.1. The van der Waals surface area contributed by atoms with Crippen LogP contribution < -0.4 is 11.5 Å². The highest BCUT2D eigenvalue weighted by molar-refractivity contribution is 7.09. The van der Waals surface area contributed by atoms with E-state index in [0.29, 0.717) is 0 Å². The van der Waals surface area contributed by atoms with E-state index in [9.17, 15) is 0 Å². The van der Waals surface area contributed by atoms with Crippen molar-refractivity contribution in [1.29, 1.82) is 0 Å². The molecule has 4 N–H and O–H groups in total. The topological polar surface area (TPSA) is 64.9 Å². The molecular weight excluding hydrogens is 218 g/mol. The molecule has 4 heteroatoms. The molecule has 0 radical (unpaired) electrons. The fourth-order valence-corrected chi connectivity index (χ4v) is 2.32. The zero-order valence-electron chi connectivity index (χ0n) is 9.02. The van der Waals surface area contributed by atoms with E-state index in [-0.39, 0.29) is 0 Å². The maximum atomic E-state index is 5.64. The summed E-state index contributed by atoms with van der Waals surface area (Å²) in [5, 5.41) is 3.23. The van der Waals surface area contributed by atoms with E-state index >= 15 is 0 Å². The summed E-state index contributed by atoms with van der Waals surface area (Å²) in [5.41, 5.74) is 14.0. The molecule has 0 bridgehead atoms. The Balaban J connectivity index is 2.15. The summed E-state index contributed by atoms with van der Waals surface area (Å²) >= 11 is 1.69. The van der Waals surface area contributed by atoms with Crippen molar-refractivity contribution < 1.29 is 0 Å². The Hall–Kier alpha value is -1.39. The van der Waals surface area contributed by atoms with Crippen molar-refractivity contribution >= 4 is 17.0 Å². The second-order valence-electron chi connectivity index (χ2n) is 3.64. The predicted octanol–water partition coefficient (Wildman–Crippen LogP) is 2.28. The third-order valence-electron chi connectivity index (χ3n) is 2.35. The van der Waals surface area contributed by atoms with Gasteiger partial charge in [-0.05, 0) is 25.1 Å². The fourth-order valence-electron chi connectivity index (χ4n) is 1.47. The second-order valence-corrected chi connectivity index (χ2v) is 4.58. The first-order chi connectivity index (χ1) is 7.79. The monoisotopic (exact) mass is 233 g/mol. The highest BCUT2D eigenvalue weighted by Gasteiger charge is 2.03. The first-order valence-corrected chi connectivity index (χ1v) is 6.18. The molecule has 84 valence electrons. The van der Waals surface area contributed by atoms with Gasteiger partial charge in [-0.3, -0.25) is 0 Å². The van der Waals surface area contributed by atoms with Crippen LogP contribution in [0.15, 0.2) is 29.6 Å². The molecule has 0 atom stereocenters. The molecule has 0 fully saturated rings. The molecule has 0 aliphatic carbocycles. The van der Waals surface area contributed by atoms with Gasteiger partial charge in [0.2, 0.25) is 0 Å². The molecule has 0 amide bonds.